The lowest BCUT2D eigenvalue weighted by atomic mass is 10.1. The number of carbonyl (C=O) groups excluding carboxylic acids is 2. The van der Waals surface area contributed by atoms with Crippen LogP contribution in [0.3, 0.4) is 0 Å². The highest BCUT2D eigenvalue weighted by atomic mass is 16.4. The zero-order valence-corrected chi connectivity index (χ0v) is 11.6. The summed E-state index contributed by atoms with van der Waals surface area (Å²) < 4.78 is 0. The van der Waals surface area contributed by atoms with Gasteiger partial charge < -0.3 is 31.3 Å². The first kappa shape index (κ1) is 19.2. The Bertz CT molecular complexity index is 244. The molecule has 0 aliphatic rings. The highest BCUT2D eigenvalue weighted by Gasteiger charge is 2.08. The van der Waals surface area contributed by atoms with Gasteiger partial charge in [-0.05, 0) is 12.3 Å². The molecule has 0 amide bonds. The summed E-state index contributed by atoms with van der Waals surface area (Å²) in [6, 6.07) is -1.07. The van der Waals surface area contributed by atoms with Crippen LogP contribution in [0.5, 0.6) is 0 Å². The number of carbonyl (C=O) groups is 2. The van der Waals surface area contributed by atoms with Gasteiger partial charge in [0.1, 0.15) is 12.1 Å². The van der Waals surface area contributed by atoms with E-state index in [1.807, 2.05) is 20.8 Å². The third kappa shape index (κ3) is 12.9. The van der Waals surface area contributed by atoms with E-state index in [0.29, 0.717) is 18.8 Å². The molecule has 0 aromatic rings. The third-order valence-corrected chi connectivity index (χ3v) is 2.33. The number of unbranched alkanes of at least 4 members (excludes halogenated alkanes) is 1. The Morgan fingerprint density at radius 2 is 1.50 bits per heavy atom. The first-order valence-corrected chi connectivity index (χ1v) is 6.30. The lowest BCUT2D eigenvalue weighted by Crippen LogP contribution is -2.68. The van der Waals surface area contributed by atoms with E-state index in [0.717, 1.165) is 12.8 Å². The number of hydrogen-bond donors (Lipinski definition) is 2. The van der Waals surface area contributed by atoms with Crippen LogP contribution in [0.2, 0.25) is 0 Å². The van der Waals surface area contributed by atoms with Crippen LogP contribution in [-0.4, -0.2) is 24.0 Å². The standard InChI is InChI=1S/2C6H13NO2/c1-4(2)3-5(7)6(8)9;1-2-3-4-5(7)6(8)9/h4-5H,3,7H2,1-2H3,(H,8,9);5H,2-4,7H2,1H3,(H,8,9)/t2*5-/m01/s1. The second-order valence-electron chi connectivity index (χ2n) is 4.80. The zero-order chi connectivity index (χ0) is 14.7. The molecule has 0 radical (unpaired) electrons. The molecule has 0 saturated heterocycles. The molecule has 6 nitrogen and oxygen atoms in total. The molecule has 18 heavy (non-hydrogen) atoms. The quantitative estimate of drug-likeness (QED) is 0.503. The summed E-state index contributed by atoms with van der Waals surface area (Å²) in [6.45, 7) is 5.93. The molecule has 0 aromatic carbocycles. The van der Waals surface area contributed by atoms with Crippen molar-refractivity contribution in [1.29, 1.82) is 0 Å². The van der Waals surface area contributed by atoms with Crippen molar-refractivity contribution in [2.45, 2.75) is 58.5 Å². The summed E-state index contributed by atoms with van der Waals surface area (Å²) in [5.41, 5.74) is 6.83. The number of carboxylic acids is 2. The van der Waals surface area contributed by atoms with E-state index in [4.69, 9.17) is 0 Å². The molecule has 108 valence electrons. The van der Waals surface area contributed by atoms with Gasteiger partial charge in [0.05, 0.1) is 11.9 Å². The molecular formula is C12H26N2O4. The van der Waals surface area contributed by atoms with Crippen LogP contribution in [0.1, 0.15) is 46.5 Å². The summed E-state index contributed by atoms with van der Waals surface area (Å²) >= 11 is 0. The van der Waals surface area contributed by atoms with Crippen LogP contribution in [-0.2, 0) is 9.59 Å². The van der Waals surface area contributed by atoms with Crippen molar-refractivity contribution in [3.05, 3.63) is 0 Å². The van der Waals surface area contributed by atoms with Crippen LogP contribution < -0.4 is 21.7 Å². The number of quaternary nitrogens is 2. The number of hydrogen-bond acceptors (Lipinski definition) is 4. The zero-order valence-electron chi connectivity index (χ0n) is 11.6. The lowest BCUT2D eigenvalue weighted by molar-refractivity contribution is -0.439. The molecule has 0 fully saturated rings. The van der Waals surface area contributed by atoms with E-state index in [9.17, 15) is 19.8 Å². The normalized spacial score (nSPS) is 13.4. The van der Waals surface area contributed by atoms with E-state index < -0.39 is 24.0 Å². The molecule has 6 heteroatoms. The molecule has 0 aliphatic carbocycles. The van der Waals surface area contributed by atoms with Crippen LogP contribution in [0, 0.1) is 5.92 Å². The monoisotopic (exact) mass is 262 g/mol. The second-order valence-corrected chi connectivity index (χ2v) is 4.80. The van der Waals surface area contributed by atoms with Gasteiger partial charge in [0.25, 0.3) is 0 Å². The second kappa shape index (κ2) is 11.0. The highest BCUT2D eigenvalue weighted by Crippen LogP contribution is 1.99. The van der Waals surface area contributed by atoms with E-state index in [-0.39, 0.29) is 0 Å². The molecule has 0 rings (SSSR count). The van der Waals surface area contributed by atoms with Gasteiger partial charge in [0.2, 0.25) is 0 Å². The minimum Gasteiger partial charge on any atom is -0.544 e. The summed E-state index contributed by atoms with van der Waals surface area (Å²) in [5, 5.41) is 20.1. The molecule has 0 unspecified atom stereocenters. The predicted octanol–water partition coefficient (Wildman–Crippen LogP) is -3.07. The van der Waals surface area contributed by atoms with Gasteiger partial charge in [-0.15, -0.1) is 0 Å². The van der Waals surface area contributed by atoms with Crippen molar-refractivity contribution >= 4 is 11.9 Å². The van der Waals surface area contributed by atoms with Gasteiger partial charge in [-0.3, -0.25) is 0 Å². The van der Waals surface area contributed by atoms with Gasteiger partial charge in [0.15, 0.2) is 0 Å². The number of carboxylic acid groups (broad SMARTS) is 2. The number of aliphatic carboxylic acids is 2. The summed E-state index contributed by atoms with van der Waals surface area (Å²) in [7, 11) is 0. The van der Waals surface area contributed by atoms with E-state index >= 15 is 0 Å². The minimum atomic E-state index is -1.05. The van der Waals surface area contributed by atoms with Crippen molar-refractivity contribution in [3.63, 3.8) is 0 Å². The molecule has 0 heterocycles. The average molecular weight is 262 g/mol. The van der Waals surface area contributed by atoms with Gasteiger partial charge >= 0.3 is 0 Å². The van der Waals surface area contributed by atoms with Crippen molar-refractivity contribution in [3.8, 4) is 0 Å². The Hall–Kier alpha value is -1.14. The van der Waals surface area contributed by atoms with Gasteiger partial charge in [-0.1, -0.05) is 27.2 Å². The Morgan fingerprint density at radius 3 is 1.72 bits per heavy atom. The van der Waals surface area contributed by atoms with Crippen molar-refractivity contribution in [1.82, 2.24) is 0 Å². The third-order valence-electron chi connectivity index (χ3n) is 2.33. The fraction of sp³-hybridized carbons (Fsp3) is 0.833. The Labute approximate surface area is 108 Å². The molecule has 0 saturated carbocycles. The summed E-state index contributed by atoms with van der Waals surface area (Å²) in [4.78, 5) is 20.1. The minimum absolute atomic E-state index is 0.380. The van der Waals surface area contributed by atoms with Gasteiger partial charge in [-0.25, -0.2) is 0 Å². The molecule has 0 aromatic heterocycles. The summed E-state index contributed by atoms with van der Waals surface area (Å²) in [6.07, 6.45) is 3.17. The molecule has 6 N–H and O–H groups in total. The van der Waals surface area contributed by atoms with Gasteiger partial charge in [-0.2, -0.15) is 0 Å². The molecule has 0 bridgehead atoms. The SMILES string of the molecule is CC(C)C[C@H]([NH3+])C(=O)[O-].CCCC[C@@H]([NH3+])C(=O)[O-]. The van der Waals surface area contributed by atoms with Crippen molar-refractivity contribution < 1.29 is 31.3 Å². The number of rotatable bonds is 7. The largest absolute Gasteiger partial charge is 0.544 e. The van der Waals surface area contributed by atoms with Crippen LogP contribution in [0.4, 0.5) is 0 Å². The fourth-order valence-electron chi connectivity index (χ4n) is 1.23. The first-order chi connectivity index (χ1) is 8.22. The lowest BCUT2D eigenvalue weighted by Gasteiger charge is -2.10. The maximum absolute atomic E-state index is 10.1. The van der Waals surface area contributed by atoms with Crippen LogP contribution >= 0.6 is 0 Å². The molecule has 0 aliphatic heterocycles. The maximum atomic E-state index is 10.1. The van der Waals surface area contributed by atoms with Crippen molar-refractivity contribution in [2.75, 3.05) is 0 Å². The van der Waals surface area contributed by atoms with Crippen LogP contribution in [0.15, 0.2) is 0 Å². The molecule has 2 atom stereocenters. The van der Waals surface area contributed by atoms with E-state index in [2.05, 4.69) is 11.5 Å². The van der Waals surface area contributed by atoms with E-state index in [1.165, 1.54) is 0 Å². The predicted molar refractivity (Wildman–Crippen MR) is 62.3 cm³/mol. The Kier molecular flexibility index (Phi) is 11.7. The van der Waals surface area contributed by atoms with Crippen molar-refractivity contribution in [2.24, 2.45) is 5.92 Å². The topological polar surface area (TPSA) is 136 Å². The van der Waals surface area contributed by atoms with E-state index in [1.54, 1.807) is 0 Å². The first-order valence-electron chi connectivity index (χ1n) is 6.30. The summed E-state index contributed by atoms with van der Waals surface area (Å²) in [5.74, 6) is -1.71. The Morgan fingerprint density at radius 1 is 1.06 bits per heavy atom. The Balaban J connectivity index is 0. The molecular weight excluding hydrogens is 236 g/mol. The average Bonchev–Trinajstić information content (AvgIpc) is 2.25. The highest BCUT2D eigenvalue weighted by molar-refractivity contribution is 5.69. The maximum Gasteiger partial charge on any atom is 0.125 e. The molecule has 0 spiro atoms. The van der Waals surface area contributed by atoms with Gasteiger partial charge in [0, 0.05) is 12.8 Å². The van der Waals surface area contributed by atoms with Crippen LogP contribution in [0.25, 0.3) is 0 Å². The smallest absolute Gasteiger partial charge is 0.125 e. The fourth-order valence-corrected chi connectivity index (χ4v) is 1.23.